The third kappa shape index (κ3) is 2.21. The molecular formula is C11H15NO3. The molecule has 4 nitrogen and oxygen atoms in total. The molecule has 15 heavy (non-hydrogen) atoms. The first kappa shape index (κ1) is 10.2. The number of carbonyl (C=O) groups excluding carboxylic acids is 1. The number of hydrogen-bond acceptors (Lipinski definition) is 3. The maximum absolute atomic E-state index is 11.8. The van der Waals surface area contributed by atoms with Gasteiger partial charge in [0.15, 0.2) is 5.76 Å². The second-order valence-electron chi connectivity index (χ2n) is 4.27. The Morgan fingerprint density at radius 2 is 2.20 bits per heavy atom. The molecule has 1 fully saturated rings. The Labute approximate surface area is 88.5 Å². The normalized spacial score (nSPS) is 20.3. The van der Waals surface area contributed by atoms with Gasteiger partial charge >= 0.3 is 0 Å². The average Bonchev–Trinajstić information content (AvgIpc) is 2.69. The Hall–Kier alpha value is -1.29. The quantitative estimate of drug-likeness (QED) is 0.757. The van der Waals surface area contributed by atoms with E-state index in [1.807, 2.05) is 6.92 Å². The molecule has 0 spiro atoms. The topological polar surface area (TPSA) is 53.7 Å². The summed E-state index contributed by atoms with van der Waals surface area (Å²) < 4.78 is 5.05. The summed E-state index contributed by atoms with van der Waals surface area (Å²) in [5.74, 6) is 0.284. The van der Waals surface area contributed by atoms with Gasteiger partial charge in [-0.3, -0.25) is 4.79 Å². The van der Waals surface area contributed by atoms with Crippen molar-refractivity contribution < 1.29 is 14.3 Å². The van der Waals surface area contributed by atoms with Crippen LogP contribution >= 0.6 is 0 Å². The molecule has 0 aromatic carbocycles. The number of rotatable bonds is 1. The predicted molar refractivity (Wildman–Crippen MR) is 54.5 cm³/mol. The minimum Gasteiger partial charge on any atom is -0.459 e. The van der Waals surface area contributed by atoms with E-state index in [-0.39, 0.29) is 5.91 Å². The van der Waals surface area contributed by atoms with Crippen molar-refractivity contribution in [3.63, 3.8) is 0 Å². The molecule has 1 aromatic heterocycles. The second-order valence-corrected chi connectivity index (χ2v) is 4.27. The molecule has 1 amide bonds. The van der Waals surface area contributed by atoms with E-state index in [1.54, 1.807) is 17.0 Å². The molecule has 0 saturated carbocycles. The van der Waals surface area contributed by atoms with Crippen molar-refractivity contribution in [3.05, 3.63) is 24.2 Å². The monoisotopic (exact) mass is 209 g/mol. The minimum atomic E-state index is -0.625. The summed E-state index contributed by atoms with van der Waals surface area (Å²) >= 11 is 0. The molecule has 1 aromatic rings. The lowest BCUT2D eigenvalue weighted by Gasteiger charge is -2.35. The molecule has 0 aliphatic carbocycles. The van der Waals surface area contributed by atoms with E-state index in [0.717, 1.165) is 0 Å². The zero-order chi connectivity index (χ0) is 10.9. The fourth-order valence-corrected chi connectivity index (χ4v) is 1.75. The average molecular weight is 209 g/mol. The lowest BCUT2D eigenvalue weighted by atomic mass is 9.94. The summed E-state index contributed by atoms with van der Waals surface area (Å²) in [5.41, 5.74) is -0.625. The molecular weight excluding hydrogens is 194 g/mol. The van der Waals surface area contributed by atoms with Crippen LogP contribution in [0.3, 0.4) is 0 Å². The first-order chi connectivity index (χ1) is 7.08. The molecule has 0 radical (unpaired) electrons. The molecule has 82 valence electrons. The van der Waals surface area contributed by atoms with E-state index in [1.165, 1.54) is 6.26 Å². The van der Waals surface area contributed by atoms with Crippen molar-refractivity contribution in [2.75, 3.05) is 13.1 Å². The van der Waals surface area contributed by atoms with Crippen molar-refractivity contribution in [2.45, 2.75) is 25.4 Å². The SMILES string of the molecule is CC1(O)CCN(C(=O)c2ccco2)CC1. The highest BCUT2D eigenvalue weighted by Crippen LogP contribution is 2.22. The van der Waals surface area contributed by atoms with Crippen molar-refractivity contribution in [1.82, 2.24) is 4.90 Å². The number of carbonyl (C=O) groups is 1. The van der Waals surface area contributed by atoms with E-state index in [0.29, 0.717) is 31.7 Å². The number of likely N-dealkylation sites (tertiary alicyclic amines) is 1. The summed E-state index contributed by atoms with van der Waals surface area (Å²) in [6.07, 6.45) is 2.74. The lowest BCUT2D eigenvalue weighted by Crippen LogP contribution is -2.45. The molecule has 1 aliphatic rings. The summed E-state index contributed by atoms with van der Waals surface area (Å²) in [6, 6.07) is 3.36. The maximum Gasteiger partial charge on any atom is 0.289 e. The summed E-state index contributed by atoms with van der Waals surface area (Å²) in [5, 5.41) is 9.74. The zero-order valence-corrected chi connectivity index (χ0v) is 8.77. The maximum atomic E-state index is 11.8. The van der Waals surface area contributed by atoms with Crippen molar-refractivity contribution in [1.29, 1.82) is 0 Å². The minimum absolute atomic E-state index is 0.0875. The predicted octanol–water partition coefficient (Wildman–Crippen LogP) is 1.27. The van der Waals surface area contributed by atoms with Gasteiger partial charge in [0.2, 0.25) is 0 Å². The zero-order valence-electron chi connectivity index (χ0n) is 8.77. The van der Waals surface area contributed by atoms with Crippen LogP contribution in [0.5, 0.6) is 0 Å². The Balaban J connectivity index is 2.00. The van der Waals surface area contributed by atoms with Gasteiger partial charge < -0.3 is 14.4 Å². The standard InChI is InChI=1S/C11H15NO3/c1-11(14)4-6-12(7-5-11)10(13)9-3-2-8-15-9/h2-3,8,14H,4-7H2,1H3. The van der Waals surface area contributed by atoms with Gasteiger partial charge in [-0.25, -0.2) is 0 Å². The van der Waals surface area contributed by atoms with Crippen LogP contribution in [0, 0.1) is 0 Å². The van der Waals surface area contributed by atoms with Gasteiger partial charge in [-0.05, 0) is 31.9 Å². The Kier molecular flexibility index (Phi) is 2.52. The van der Waals surface area contributed by atoms with Gasteiger partial charge in [0.25, 0.3) is 5.91 Å². The Morgan fingerprint density at radius 1 is 1.53 bits per heavy atom. The number of aliphatic hydroxyl groups is 1. The number of amides is 1. The van der Waals surface area contributed by atoms with Crippen LogP contribution in [0.15, 0.2) is 22.8 Å². The molecule has 1 saturated heterocycles. The van der Waals surface area contributed by atoms with Crippen LogP contribution in [0.25, 0.3) is 0 Å². The van der Waals surface area contributed by atoms with Crippen LogP contribution in [0.4, 0.5) is 0 Å². The number of hydrogen-bond donors (Lipinski definition) is 1. The van der Waals surface area contributed by atoms with E-state index < -0.39 is 5.60 Å². The number of nitrogens with zero attached hydrogens (tertiary/aromatic N) is 1. The highest BCUT2D eigenvalue weighted by Gasteiger charge is 2.30. The highest BCUT2D eigenvalue weighted by molar-refractivity contribution is 5.91. The van der Waals surface area contributed by atoms with Crippen LogP contribution < -0.4 is 0 Å². The van der Waals surface area contributed by atoms with Crippen molar-refractivity contribution >= 4 is 5.91 Å². The van der Waals surface area contributed by atoms with Gasteiger partial charge in [0.05, 0.1) is 11.9 Å². The fraction of sp³-hybridized carbons (Fsp3) is 0.545. The van der Waals surface area contributed by atoms with Gasteiger partial charge in [0.1, 0.15) is 0 Å². The molecule has 1 N–H and O–H groups in total. The molecule has 1 aliphatic heterocycles. The third-order valence-electron chi connectivity index (χ3n) is 2.86. The molecule has 2 rings (SSSR count). The van der Waals surface area contributed by atoms with Gasteiger partial charge in [-0.1, -0.05) is 0 Å². The Morgan fingerprint density at radius 3 is 2.73 bits per heavy atom. The third-order valence-corrected chi connectivity index (χ3v) is 2.86. The van der Waals surface area contributed by atoms with Gasteiger partial charge in [-0.2, -0.15) is 0 Å². The van der Waals surface area contributed by atoms with Crippen LogP contribution in [0.1, 0.15) is 30.3 Å². The molecule has 0 bridgehead atoms. The number of furan rings is 1. The van der Waals surface area contributed by atoms with Gasteiger partial charge in [-0.15, -0.1) is 0 Å². The molecule has 0 atom stereocenters. The summed E-state index contributed by atoms with van der Waals surface area (Å²) in [4.78, 5) is 13.5. The van der Waals surface area contributed by atoms with Crippen molar-refractivity contribution in [3.8, 4) is 0 Å². The van der Waals surface area contributed by atoms with E-state index >= 15 is 0 Å². The first-order valence-electron chi connectivity index (χ1n) is 5.14. The largest absolute Gasteiger partial charge is 0.459 e. The molecule has 4 heteroatoms. The van der Waals surface area contributed by atoms with E-state index in [9.17, 15) is 9.90 Å². The van der Waals surface area contributed by atoms with E-state index in [2.05, 4.69) is 0 Å². The first-order valence-corrected chi connectivity index (χ1v) is 5.14. The second kappa shape index (κ2) is 3.70. The fourth-order valence-electron chi connectivity index (χ4n) is 1.75. The lowest BCUT2D eigenvalue weighted by molar-refractivity contribution is -0.00288. The van der Waals surface area contributed by atoms with Crippen LogP contribution in [-0.2, 0) is 0 Å². The molecule has 0 unspecified atom stereocenters. The smallest absolute Gasteiger partial charge is 0.289 e. The molecule has 2 heterocycles. The van der Waals surface area contributed by atoms with Crippen LogP contribution in [0.2, 0.25) is 0 Å². The highest BCUT2D eigenvalue weighted by atomic mass is 16.3. The van der Waals surface area contributed by atoms with Gasteiger partial charge in [0, 0.05) is 13.1 Å². The van der Waals surface area contributed by atoms with Crippen LogP contribution in [-0.4, -0.2) is 34.6 Å². The Bertz CT molecular complexity index is 333. The van der Waals surface area contributed by atoms with Crippen molar-refractivity contribution in [2.24, 2.45) is 0 Å². The van der Waals surface area contributed by atoms with E-state index in [4.69, 9.17) is 4.42 Å². The number of piperidine rings is 1. The summed E-state index contributed by atoms with van der Waals surface area (Å²) in [6.45, 7) is 2.99. The summed E-state index contributed by atoms with van der Waals surface area (Å²) in [7, 11) is 0.